The molecule has 0 aromatic heterocycles. The smallest absolute Gasteiger partial charge is 0.356 e. The maximum Gasteiger partial charge on any atom is 0.356 e. The predicted molar refractivity (Wildman–Crippen MR) is 148 cm³/mol. The predicted octanol–water partition coefficient (Wildman–Crippen LogP) is 3.74. The molecular formula is C28H21N5O6S. The van der Waals surface area contributed by atoms with E-state index in [2.05, 4.69) is 5.10 Å². The summed E-state index contributed by atoms with van der Waals surface area (Å²) in [6.45, 7) is 0.172. The normalized spacial score (nSPS) is 26.0. The Bertz CT molecular complexity index is 1580. The number of cyclic esters (lactones) is 1. The van der Waals surface area contributed by atoms with Crippen molar-refractivity contribution in [3.8, 4) is 0 Å². The van der Waals surface area contributed by atoms with Crippen molar-refractivity contribution in [1.82, 2.24) is 0 Å². The summed E-state index contributed by atoms with van der Waals surface area (Å²) < 4.78 is 10.4. The molecule has 0 unspecified atom stereocenters. The van der Waals surface area contributed by atoms with Crippen LogP contribution in [-0.2, 0) is 25.7 Å². The fourth-order valence-electron chi connectivity index (χ4n) is 5.68. The van der Waals surface area contributed by atoms with Gasteiger partial charge in [0.15, 0.2) is 11.4 Å². The van der Waals surface area contributed by atoms with Crippen LogP contribution in [0.4, 0.5) is 17.1 Å². The van der Waals surface area contributed by atoms with Crippen LogP contribution in [0, 0.1) is 16.0 Å². The van der Waals surface area contributed by atoms with Gasteiger partial charge < -0.3 is 9.47 Å². The second-order valence-electron chi connectivity index (χ2n) is 9.74. The first-order valence-corrected chi connectivity index (χ1v) is 13.5. The summed E-state index contributed by atoms with van der Waals surface area (Å²) in [4.78, 5) is 37.2. The van der Waals surface area contributed by atoms with Crippen LogP contribution in [0.3, 0.4) is 0 Å². The first-order chi connectivity index (χ1) is 19.5. The molecule has 4 atom stereocenters. The monoisotopic (exact) mass is 555 g/mol. The van der Waals surface area contributed by atoms with Gasteiger partial charge >= 0.3 is 11.9 Å². The van der Waals surface area contributed by atoms with Gasteiger partial charge in [-0.05, 0) is 29.8 Å². The van der Waals surface area contributed by atoms with Crippen LogP contribution < -0.4 is 10.0 Å². The number of thioether (sulfide) groups is 1. The van der Waals surface area contributed by atoms with Gasteiger partial charge in [0.05, 0.1) is 28.3 Å². The fraction of sp³-hybridized carbons (Fsp3) is 0.214. The maximum atomic E-state index is 13.6. The number of carbonyl (C=O) groups excluding carboxylic acids is 2. The molecule has 7 rings (SSSR count). The summed E-state index contributed by atoms with van der Waals surface area (Å²) >= 11 is 1.50. The zero-order valence-electron chi connectivity index (χ0n) is 20.8. The van der Waals surface area contributed by atoms with E-state index in [-0.39, 0.29) is 35.7 Å². The van der Waals surface area contributed by atoms with Gasteiger partial charge in [0, 0.05) is 12.1 Å². The number of hydrogen-bond acceptors (Lipinski definition) is 11. The molecule has 0 saturated carbocycles. The third kappa shape index (κ3) is 3.67. The number of hydrogen-bond donors (Lipinski definition) is 0. The molecule has 3 aromatic carbocycles. The summed E-state index contributed by atoms with van der Waals surface area (Å²) in [5.74, 6) is -1.59. The van der Waals surface area contributed by atoms with Crippen LogP contribution in [-0.4, -0.2) is 51.1 Å². The number of nitro groups is 1. The van der Waals surface area contributed by atoms with Crippen LogP contribution in [0.5, 0.6) is 0 Å². The zero-order chi connectivity index (χ0) is 27.4. The molecule has 0 aliphatic carbocycles. The van der Waals surface area contributed by atoms with Gasteiger partial charge in [-0.2, -0.15) is 10.2 Å². The van der Waals surface area contributed by atoms with Crippen molar-refractivity contribution in [2.45, 2.75) is 22.8 Å². The van der Waals surface area contributed by atoms with E-state index in [1.54, 1.807) is 22.2 Å². The van der Waals surface area contributed by atoms with Crippen molar-refractivity contribution < 1.29 is 24.0 Å². The Morgan fingerprint density at radius 3 is 2.38 bits per heavy atom. The second kappa shape index (κ2) is 9.19. The van der Waals surface area contributed by atoms with Crippen molar-refractivity contribution in [2.24, 2.45) is 16.1 Å². The topological polar surface area (TPSA) is 127 Å². The molecule has 0 bridgehead atoms. The number of non-ortho nitro benzene ring substituents is 1. The van der Waals surface area contributed by atoms with Crippen molar-refractivity contribution in [3.05, 3.63) is 101 Å². The number of nitro benzene ring substituents is 1. The quantitative estimate of drug-likeness (QED) is 0.254. The highest BCUT2D eigenvalue weighted by Crippen LogP contribution is 2.59. The van der Waals surface area contributed by atoms with Crippen molar-refractivity contribution in [1.29, 1.82) is 0 Å². The number of fused-ring (bicyclic) bond motifs is 2. The molecule has 4 heterocycles. The number of ether oxygens (including phenoxy) is 2. The van der Waals surface area contributed by atoms with Crippen LogP contribution in [0.25, 0.3) is 0 Å². The summed E-state index contributed by atoms with van der Waals surface area (Å²) in [5.41, 5.74) is 2.62. The molecule has 2 saturated heterocycles. The summed E-state index contributed by atoms with van der Waals surface area (Å²) in [5, 5.41) is 23.8. The summed E-state index contributed by atoms with van der Waals surface area (Å²) in [6.07, 6.45) is 0. The molecule has 12 heteroatoms. The molecule has 1 spiro atoms. The number of anilines is 2. The van der Waals surface area contributed by atoms with Crippen LogP contribution in [0.1, 0.15) is 5.56 Å². The van der Waals surface area contributed by atoms with E-state index in [1.165, 1.54) is 23.9 Å². The van der Waals surface area contributed by atoms with E-state index < -0.39 is 33.6 Å². The molecule has 0 amide bonds. The third-order valence-corrected chi connectivity index (χ3v) is 9.19. The van der Waals surface area contributed by atoms with E-state index in [9.17, 15) is 19.7 Å². The molecular weight excluding hydrogens is 534 g/mol. The Morgan fingerprint density at radius 1 is 1.00 bits per heavy atom. The minimum absolute atomic E-state index is 0.0635. The second-order valence-corrected chi connectivity index (χ2v) is 11.2. The Balaban J connectivity index is 1.30. The third-order valence-electron chi connectivity index (χ3n) is 7.48. The number of carbonyl (C=O) groups is 2. The fourth-order valence-corrected chi connectivity index (χ4v) is 7.55. The lowest BCUT2D eigenvalue weighted by Gasteiger charge is -2.31. The van der Waals surface area contributed by atoms with Gasteiger partial charge in [-0.3, -0.25) is 20.1 Å². The zero-order valence-corrected chi connectivity index (χ0v) is 21.6. The van der Waals surface area contributed by atoms with Gasteiger partial charge in [-0.25, -0.2) is 9.59 Å². The lowest BCUT2D eigenvalue weighted by Crippen LogP contribution is -2.50. The van der Waals surface area contributed by atoms with E-state index in [4.69, 9.17) is 14.6 Å². The van der Waals surface area contributed by atoms with E-state index in [0.717, 1.165) is 11.3 Å². The SMILES string of the molecule is O=C(OCc1ccccc1)C1=NN(c2ccccc2)[C@H]2S[C@]34COC(=O)C3=NN(c3ccc([N+](=O)[O-])cc3)[C@@H]4[C@@H]12. The minimum Gasteiger partial charge on any atom is -0.459 e. The Hall–Kier alpha value is -4.71. The van der Waals surface area contributed by atoms with E-state index in [0.29, 0.717) is 5.69 Å². The number of esters is 2. The summed E-state index contributed by atoms with van der Waals surface area (Å²) in [6, 6.07) is 24.3. The molecule has 0 N–H and O–H groups in total. The van der Waals surface area contributed by atoms with Crippen molar-refractivity contribution >= 4 is 52.2 Å². The van der Waals surface area contributed by atoms with Crippen LogP contribution in [0.2, 0.25) is 0 Å². The maximum absolute atomic E-state index is 13.6. The Labute approximate surface area is 232 Å². The average molecular weight is 556 g/mol. The Morgan fingerprint density at radius 2 is 1.68 bits per heavy atom. The molecule has 2 fully saturated rings. The average Bonchev–Trinajstić information content (AvgIpc) is 3.69. The molecule has 4 aliphatic rings. The van der Waals surface area contributed by atoms with Gasteiger partial charge in [0.2, 0.25) is 0 Å². The van der Waals surface area contributed by atoms with Crippen LogP contribution >= 0.6 is 11.8 Å². The number of nitrogens with zero attached hydrogens (tertiary/aromatic N) is 5. The molecule has 11 nitrogen and oxygen atoms in total. The van der Waals surface area contributed by atoms with Gasteiger partial charge in [-0.1, -0.05) is 48.5 Å². The minimum atomic E-state index is -0.859. The lowest BCUT2D eigenvalue weighted by atomic mass is 9.84. The number of benzene rings is 3. The van der Waals surface area contributed by atoms with Gasteiger partial charge in [0.25, 0.3) is 5.69 Å². The van der Waals surface area contributed by atoms with Gasteiger partial charge in [-0.15, -0.1) is 11.8 Å². The summed E-state index contributed by atoms with van der Waals surface area (Å²) in [7, 11) is 0. The molecule has 40 heavy (non-hydrogen) atoms. The highest BCUT2D eigenvalue weighted by molar-refractivity contribution is 8.02. The number of rotatable bonds is 6. The molecule has 200 valence electrons. The standard InChI is InChI=1S/C28H21N5O6S/c34-26(38-15-17-7-3-1-4-8-17)22-21-24-28(40-25(21)32(29-22)18-9-5-2-6-10-18)16-39-27(35)23(28)30-31(24)19-11-13-20(14-12-19)33(36)37/h1-14,21,24-25H,15-16H2/t21-,24-,25+,28-/m1/s1. The number of para-hydroxylation sites is 1. The van der Waals surface area contributed by atoms with Gasteiger partial charge in [0.1, 0.15) is 23.3 Å². The Kier molecular flexibility index (Phi) is 5.59. The first-order valence-electron chi connectivity index (χ1n) is 12.6. The highest BCUT2D eigenvalue weighted by atomic mass is 32.2. The van der Waals surface area contributed by atoms with E-state index >= 15 is 0 Å². The van der Waals surface area contributed by atoms with E-state index in [1.807, 2.05) is 60.7 Å². The first kappa shape index (κ1) is 24.3. The largest absolute Gasteiger partial charge is 0.459 e. The highest BCUT2D eigenvalue weighted by Gasteiger charge is 2.72. The lowest BCUT2D eigenvalue weighted by molar-refractivity contribution is -0.384. The van der Waals surface area contributed by atoms with Crippen LogP contribution in [0.15, 0.2) is 95.1 Å². The van der Waals surface area contributed by atoms with Crippen molar-refractivity contribution in [2.75, 3.05) is 16.6 Å². The number of hydrazone groups is 2. The molecule has 3 aromatic rings. The molecule has 0 radical (unpaired) electrons. The van der Waals surface area contributed by atoms with Crippen molar-refractivity contribution in [3.63, 3.8) is 0 Å². The molecule has 4 aliphatic heterocycles.